The van der Waals surface area contributed by atoms with Gasteiger partial charge in [0.1, 0.15) is 11.6 Å². The number of fused-ring (bicyclic) bond motifs is 1. The lowest BCUT2D eigenvalue weighted by Crippen LogP contribution is -1.91. The van der Waals surface area contributed by atoms with E-state index in [4.69, 9.17) is 11.6 Å². The van der Waals surface area contributed by atoms with E-state index in [-0.39, 0.29) is 5.82 Å². The zero-order chi connectivity index (χ0) is 12.5. The van der Waals surface area contributed by atoms with Crippen LogP contribution in [0.4, 0.5) is 4.39 Å². The molecule has 0 unspecified atom stereocenters. The molecule has 18 heavy (non-hydrogen) atoms. The summed E-state index contributed by atoms with van der Waals surface area (Å²) in [6, 6.07) is 12.0. The quantitative estimate of drug-likeness (QED) is 0.743. The Balaban J connectivity index is 1.95. The number of halogens is 2. The van der Waals surface area contributed by atoms with Crippen LogP contribution in [0.3, 0.4) is 0 Å². The SMILES string of the molecule is Fc1cccc(Cc2nc3ccc(Cl)cc3[nH]2)c1. The van der Waals surface area contributed by atoms with Crippen molar-refractivity contribution in [3.63, 3.8) is 0 Å². The third-order valence-electron chi connectivity index (χ3n) is 2.75. The lowest BCUT2D eigenvalue weighted by Gasteiger charge is -1.97. The van der Waals surface area contributed by atoms with Crippen LogP contribution in [-0.2, 0) is 6.42 Å². The number of nitrogens with one attached hydrogen (secondary N) is 1. The highest BCUT2D eigenvalue weighted by Crippen LogP contribution is 2.18. The highest BCUT2D eigenvalue weighted by Gasteiger charge is 2.04. The summed E-state index contributed by atoms with van der Waals surface area (Å²) in [6.07, 6.45) is 0.573. The summed E-state index contributed by atoms with van der Waals surface area (Å²) in [5.74, 6) is 0.574. The average Bonchev–Trinajstić information content (AvgIpc) is 2.70. The van der Waals surface area contributed by atoms with E-state index < -0.39 is 0 Å². The first-order valence-corrected chi connectivity index (χ1v) is 5.97. The van der Waals surface area contributed by atoms with Gasteiger partial charge in [-0.3, -0.25) is 0 Å². The van der Waals surface area contributed by atoms with Crippen LogP contribution in [0, 0.1) is 5.82 Å². The second kappa shape index (κ2) is 4.42. The summed E-state index contributed by atoms with van der Waals surface area (Å²) in [4.78, 5) is 7.63. The second-order valence-electron chi connectivity index (χ2n) is 4.15. The van der Waals surface area contributed by atoms with Crippen molar-refractivity contribution in [3.8, 4) is 0 Å². The van der Waals surface area contributed by atoms with Crippen LogP contribution in [0.25, 0.3) is 11.0 Å². The molecule has 0 bridgehead atoms. The summed E-state index contributed by atoms with van der Waals surface area (Å²) < 4.78 is 13.1. The van der Waals surface area contributed by atoms with Crippen LogP contribution < -0.4 is 0 Å². The lowest BCUT2D eigenvalue weighted by atomic mass is 10.1. The molecule has 0 aliphatic rings. The van der Waals surface area contributed by atoms with Crippen LogP contribution >= 0.6 is 11.6 Å². The minimum Gasteiger partial charge on any atom is -0.342 e. The van der Waals surface area contributed by atoms with Gasteiger partial charge >= 0.3 is 0 Å². The molecule has 1 heterocycles. The Bertz CT molecular complexity index is 706. The van der Waals surface area contributed by atoms with Crippen LogP contribution in [0.5, 0.6) is 0 Å². The predicted octanol–water partition coefficient (Wildman–Crippen LogP) is 3.95. The summed E-state index contributed by atoms with van der Waals surface area (Å²) in [6.45, 7) is 0. The number of imidazole rings is 1. The fraction of sp³-hybridized carbons (Fsp3) is 0.0714. The molecule has 0 saturated carbocycles. The lowest BCUT2D eigenvalue weighted by molar-refractivity contribution is 0.626. The maximum absolute atomic E-state index is 13.1. The van der Waals surface area contributed by atoms with E-state index in [1.807, 2.05) is 18.2 Å². The van der Waals surface area contributed by atoms with Gasteiger partial charge in [0.15, 0.2) is 0 Å². The molecule has 0 saturated heterocycles. The molecule has 0 radical (unpaired) electrons. The van der Waals surface area contributed by atoms with E-state index >= 15 is 0 Å². The molecular formula is C14H10ClFN2. The Labute approximate surface area is 108 Å². The first-order chi connectivity index (χ1) is 8.70. The smallest absolute Gasteiger partial charge is 0.123 e. The molecule has 0 aliphatic heterocycles. The number of aromatic amines is 1. The third-order valence-corrected chi connectivity index (χ3v) is 2.99. The number of aromatic nitrogens is 2. The van der Waals surface area contributed by atoms with Crippen molar-refractivity contribution >= 4 is 22.6 Å². The molecule has 0 spiro atoms. The first kappa shape index (κ1) is 11.2. The Morgan fingerprint density at radius 2 is 2.06 bits per heavy atom. The molecule has 1 aromatic heterocycles. The van der Waals surface area contributed by atoms with Gasteiger partial charge in [-0.1, -0.05) is 23.7 Å². The molecule has 2 nitrogen and oxygen atoms in total. The second-order valence-corrected chi connectivity index (χ2v) is 4.59. The zero-order valence-electron chi connectivity index (χ0n) is 9.45. The van der Waals surface area contributed by atoms with Crippen molar-refractivity contribution in [3.05, 3.63) is 64.7 Å². The average molecular weight is 261 g/mol. The third kappa shape index (κ3) is 2.22. The number of benzene rings is 2. The van der Waals surface area contributed by atoms with Gasteiger partial charge in [-0.05, 0) is 35.9 Å². The molecule has 4 heteroatoms. The van der Waals surface area contributed by atoms with Crippen molar-refractivity contribution in [1.29, 1.82) is 0 Å². The van der Waals surface area contributed by atoms with E-state index in [1.165, 1.54) is 12.1 Å². The molecule has 90 valence electrons. The van der Waals surface area contributed by atoms with Crippen LogP contribution in [0.1, 0.15) is 11.4 Å². The first-order valence-electron chi connectivity index (χ1n) is 5.59. The topological polar surface area (TPSA) is 28.7 Å². The highest BCUT2D eigenvalue weighted by atomic mass is 35.5. The number of hydrogen-bond donors (Lipinski definition) is 1. The molecular weight excluding hydrogens is 251 g/mol. The normalized spacial score (nSPS) is 11.0. The van der Waals surface area contributed by atoms with Crippen molar-refractivity contribution in [2.45, 2.75) is 6.42 Å². The predicted molar refractivity (Wildman–Crippen MR) is 70.3 cm³/mol. The van der Waals surface area contributed by atoms with Gasteiger partial charge in [0, 0.05) is 11.4 Å². The van der Waals surface area contributed by atoms with Crippen molar-refractivity contribution < 1.29 is 4.39 Å². The van der Waals surface area contributed by atoms with Gasteiger partial charge in [0.05, 0.1) is 11.0 Å². The van der Waals surface area contributed by atoms with Gasteiger partial charge in [-0.25, -0.2) is 9.37 Å². The van der Waals surface area contributed by atoms with Crippen molar-refractivity contribution in [2.24, 2.45) is 0 Å². The van der Waals surface area contributed by atoms with E-state index in [0.717, 1.165) is 22.4 Å². The molecule has 0 aliphatic carbocycles. The van der Waals surface area contributed by atoms with E-state index in [1.54, 1.807) is 12.1 Å². The fourth-order valence-corrected chi connectivity index (χ4v) is 2.13. The Kier molecular flexibility index (Phi) is 2.76. The Morgan fingerprint density at radius 3 is 2.89 bits per heavy atom. The van der Waals surface area contributed by atoms with Crippen molar-refractivity contribution in [2.75, 3.05) is 0 Å². The van der Waals surface area contributed by atoms with E-state index in [9.17, 15) is 4.39 Å². The molecule has 2 aromatic carbocycles. The summed E-state index contributed by atoms with van der Waals surface area (Å²) in [5, 5.41) is 0.670. The van der Waals surface area contributed by atoms with Crippen LogP contribution in [0.2, 0.25) is 5.02 Å². The number of rotatable bonds is 2. The molecule has 0 amide bonds. The number of H-pyrrole nitrogens is 1. The molecule has 0 fully saturated rings. The highest BCUT2D eigenvalue weighted by molar-refractivity contribution is 6.31. The van der Waals surface area contributed by atoms with Crippen LogP contribution in [-0.4, -0.2) is 9.97 Å². The molecule has 1 N–H and O–H groups in total. The minimum absolute atomic E-state index is 0.230. The summed E-state index contributed by atoms with van der Waals surface area (Å²) >= 11 is 5.91. The Hall–Kier alpha value is -1.87. The zero-order valence-corrected chi connectivity index (χ0v) is 10.2. The molecule has 3 aromatic rings. The largest absolute Gasteiger partial charge is 0.342 e. The minimum atomic E-state index is -0.230. The van der Waals surface area contributed by atoms with Gasteiger partial charge in [0.25, 0.3) is 0 Å². The van der Waals surface area contributed by atoms with E-state index in [2.05, 4.69) is 9.97 Å². The maximum Gasteiger partial charge on any atom is 0.123 e. The van der Waals surface area contributed by atoms with E-state index in [0.29, 0.717) is 11.4 Å². The monoisotopic (exact) mass is 260 g/mol. The number of nitrogens with zero attached hydrogens (tertiary/aromatic N) is 1. The van der Waals surface area contributed by atoms with Gasteiger partial charge < -0.3 is 4.98 Å². The standard InChI is InChI=1S/C14H10ClFN2/c15-10-4-5-12-13(8-10)18-14(17-12)7-9-2-1-3-11(16)6-9/h1-6,8H,7H2,(H,17,18). The van der Waals surface area contributed by atoms with Gasteiger partial charge in [-0.15, -0.1) is 0 Å². The fourth-order valence-electron chi connectivity index (χ4n) is 1.96. The molecule has 3 rings (SSSR count). The summed E-state index contributed by atoms with van der Waals surface area (Å²) in [5.41, 5.74) is 2.65. The summed E-state index contributed by atoms with van der Waals surface area (Å²) in [7, 11) is 0. The van der Waals surface area contributed by atoms with Crippen LogP contribution in [0.15, 0.2) is 42.5 Å². The van der Waals surface area contributed by atoms with Gasteiger partial charge in [-0.2, -0.15) is 0 Å². The van der Waals surface area contributed by atoms with Crippen molar-refractivity contribution in [1.82, 2.24) is 9.97 Å². The number of hydrogen-bond acceptors (Lipinski definition) is 1. The Morgan fingerprint density at radius 1 is 1.17 bits per heavy atom. The molecule has 0 atom stereocenters. The maximum atomic E-state index is 13.1. The van der Waals surface area contributed by atoms with Gasteiger partial charge in [0.2, 0.25) is 0 Å².